The number of aromatic carboxylic acids is 2. The van der Waals surface area contributed by atoms with Crippen molar-refractivity contribution in [3.05, 3.63) is 106 Å². The van der Waals surface area contributed by atoms with Gasteiger partial charge in [0, 0.05) is 6.92 Å². The lowest BCUT2D eigenvalue weighted by molar-refractivity contribution is -0.151. The van der Waals surface area contributed by atoms with Crippen molar-refractivity contribution in [3.63, 3.8) is 0 Å². The fourth-order valence-electron chi connectivity index (χ4n) is 5.55. The number of ether oxygens (including phenoxy) is 3. The number of carbonyl (C=O) groups is 5. The second kappa shape index (κ2) is 11.5. The van der Waals surface area contributed by atoms with Crippen molar-refractivity contribution in [2.45, 2.75) is 13.0 Å². The van der Waals surface area contributed by atoms with Crippen molar-refractivity contribution in [2.75, 3.05) is 13.2 Å². The Kier molecular flexibility index (Phi) is 7.50. The van der Waals surface area contributed by atoms with Crippen LogP contribution in [-0.2, 0) is 19.0 Å². The van der Waals surface area contributed by atoms with Gasteiger partial charge in [-0.25, -0.2) is 57.5 Å². The summed E-state index contributed by atoms with van der Waals surface area (Å²) < 4.78 is 32.4. The molecule has 0 aliphatic carbocycles. The van der Waals surface area contributed by atoms with Gasteiger partial charge in [-0.1, -0.05) is 0 Å². The molecule has 6 rings (SSSR count). The van der Waals surface area contributed by atoms with Crippen LogP contribution in [0.3, 0.4) is 0 Å². The molecule has 2 aromatic carbocycles. The summed E-state index contributed by atoms with van der Waals surface area (Å²) in [6.07, 6.45) is -1.83. The fourth-order valence-corrected chi connectivity index (χ4v) is 5.55. The molecule has 0 spiro atoms. The summed E-state index contributed by atoms with van der Waals surface area (Å²) in [6, 6.07) is 0. The number of esters is 3. The molecule has 0 aliphatic heterocycles. The van der Waals surface area contributed by atoms with Gasteiger partial charge in [-0.2, -0.15) is 0 Å². The minimum atomic E-state index is -1.98. The van der Waals surface area contributed by atoms with E-state index < -0.39 is 160 Å². The maximum absolute atomic E-state index is 13.3. The number of hydrogen-bond acceptors (Lipinski definition) is 20. The lowest BCUT2D eigenvalue weighted by Crippen LogP contribution is -2.31. The smallest absolute Gasteiger partial charge is 0.347 e. The molecule has 2 N–H and O–H groups in total. The van der Waals surface area contributed by atoms with Crippen LogP contribution in [0.15, 0.2) is 56.0 Å². The van der Waals surface area contributed by atoms with Crippen LogP contribution in [0, 0.1) is 0 Å². The Morgan fingerprint density at radius 2 is 0.706 bits per heavy atom. The Bertz CT molecular complexity index is 2670. The second-order valence-corrected chi connectivity index (χ2v) is 10.2. The lowest BCUT2D eigenvalue weighted by atomic mass is 9.96. The molecule has 4 aromatic heterocycles. The molecule has 258 valence electrons. The second-order valence-electron chi connectivity index (χ2n) is 10.2. The lowest BCUT2D eigenvalue weighted by Gasteiger charge is -2.17. The van der Waals surface area contributed by atoms with E-state index >= 15 is 0 Å². The maximum Gasteiger partial charge on any atom is 0.347 e. The van der Waals surface area contributed by atoms with Crippen LogP contribution >= 0.6 is 0 Å². The Labute approximate surface area is 271 Å². The maximum atomic E-state index is 13.3. The summed E-state index contributed by atoms with van der Waals surface area (Å²) in [5.41, 5.74) is -17.5. The van der Waals surface area contributed by atoms with Crippen LogP contribution in [0.5, 0.6) is 0 Å². The van der Waals surface area contributed by atoms with Crippen molar-refractivity contribution in [2.24, 2.45) is 0 Å². The quantitative estimate of drug-likeness (QED) is 0.117. The number of carboxylic acids is 2. The van der Waals surface area contributed by atoms with E-state index in [9.17, 15) is 72.5 Å². The van der Waals surface area contributed by atoms with Gasteiger partial charge in [-0.05, 0) is 0 Å². The summed E-state index contributed by atoms with van der Waals surface area (Å²) in [4.78, 5) is 162. The molecule has 0 fully saturated rings. The van der Waals surface area contributed by atoms with Gasteiger partial charge < -0.3 is 42.1 Å². The molecule has 4 heterocycles. The number of furan rings is 4. The molecule has 6 aromatic rings. The first kappa shape index (κ1) is 33.3. The van der Waals surface area contributed by atoms with E-state index in [4.69, 9.17) is 14.2 Å². The zero-order valence-corrected chi connectivity index (χ0v) is 24.6. The largest absolute Gasteiger partial charge is 0.478 e. The third kappa shape index (κ3) is 4.92. The minimum absolute atomic E-state index is 0.831. The van der Waals surface area contributed by atoms with Gasteiger partial charge in [0.25, 0.3) is 0 Å². The molecule has 0 bridgehead atoms. The van der Waals surface area contributed by atoms with Crippen molar-refractivity contribution >= 4 is 72.9 Å². The predicted octanol–water partition coefficient (Wildman–Crippen LogP) is -2.35. The van der Waals surface area contributed by atoms with Gasteiger partial charge in [0.05, 0.1) is 65.3 Å². The molecule has 0 saturated carbocycles. The minimum Gasteiger partial charge on any atom is -0.478 e. The molecular formula is C29H10O22. The molecule has 51 heavy (non-hydrogen) atoms. The number of carboxylic acid groups (broad SMARTS) is 2. The number of hydrogen-bond donors (Lipinski definition) is 2. The molecular weight excluding hydrogens is 700 g/mol. The van der Waals surface area contributed by atoms with Gasteiger partial charge in [0.2, 0.25) is 0 Å². The molecule has 0 aliphatic rings. The summed E-state index contributed by atoms with van der Waals surface area (Å²) in [6.45, 7) is -1.45. The van der Waals surface area contributed by atoms with Gasteiger partial charge in [0.15, 0.2) is 6.10 Å². The van der Waals surface area contributed by atoms with Crippen LogP contribution in [0.25, 0.3) is 43.1 Å². The Morgan fingerprint density at radius 1 is 0.471 bits per heavy atom. The van der Waals surface area contributed by atoms with Crippen LogP contribution in [-0.4, -0.2) is 59.4 Å². The van der Waals surface area contributed by atoms with E-state index in [0.29, 0.717) is 0 Å². The number of fused-ring (bicyclic) bond motifs is 4. The van der Waals surface area contributed by atoms with Gasteiger partial charge in [0.1, 0.15) is 13.2 Å². The van der Waals surface area contributed by atoms with Crippen LogP contribution in [0.2, 0.25) is 0 Å². The average molecular weight is 710 g/mol. The topological polar surface area (TPSA) is 343 Å². The number of carbonyl (C=O) groups excluding carboxylic acids is 3. The highest BCUT2D eigenvalue weighted by atomic mass is 16.6. The Balaban J connectivity index is 1.39. The third-order valence-electron chi connectivity index (χ3n) is 7.34. The third-order valence-corrected chi connectivity index (χ3v) is 7.34. The molecule has 0 atom stereocenters. The highest BCUT2D eigenvalue weighted by Crippen LogP contribution is 2.29. The summed E-state index contributed by atoms with van der Waals surface area (Å²) in [5, 5.41) is 10.6. The average Bonchev–Trinajstić information content (AvgIpc) is 3.71. The van der Waals surface area contributed by atoms with E-state index in [-0.39, 0.29) is 0 Å². The number of rotatable bonds is 9. The summed E-state index contributed by atoms with van der Waals surface area (Å²) in [5.74, 6) is -8.52. The molecule has 22 heteroatoms. The monoisotopic (exact) mass is 710 g/mol. The highest BCUT2D eigenvalue weighted by Gasteiger charge is 2.36. The van der Waals surface area contributed by atoms with Gasteiger partial charge >= 0.3 is 74.9 Å². The molecule has 22 nitrogen and oxygen atoms in total. The SMILES string of the molecule is CC(=O)OC(COC(=O)c1c2c(=O)oc(=O)c2c(C(=O)O)c2c(=O)oc(=O)c12)COC(=O)c1c2c(=O)oc(=O)c2c(C(=O)O)c2c(=O)oc(=O)c12. The molecule has 0 saturated heterocycles. The molecule has 0 unspecified atom stereocenters. The molecule has 0 radical (unpaired) electrons. The van der Waals surface area contributed by atoms with Crippen LogP contribution in [0.1, 0.15) is 48.4 Å². The van der Waals surface area contributed by atoms with E-state index in [2.05, 4.69) is 17.7 Å². The standard InChI is InChI=1S/C29H10O22/c1-4(30)47-5(2-45-20(35)12-14-8(22(37)48-26(14)41)6(18(31)32)9-15(12)27(42)49-23(9)38)3-46-21(36)13-16-10(24(39)50-28(16)43)7(19(33)34)11-17(13)29(44)51-25(11)40/h5H,2-3H2,1H3,(H,31,32)(H,33,34). The van der Waals surface area contributed by atoms with E-state index in [1.54, 1.807) is 0 Å². The van der Waals surface area contributed by atoms with Crippen molar-refractivity contribution < 1.29 is 66.1 Å². The first-order valence-corrected chi connectivity index (χ1v) is 13.5. The first-order valence-electron chi connectivity index (χ1n) is 13.5. The van der Waals surface area contributed by atoms with Crippen molar-refractivity contribution in [1.29, 1.82) is 0 Å². The zero-order chi connectivity index (χ0) is 37.4. The van der Waals surface area contributed by atoms with E-state index in [0.717, 1.165) is 6.92 Å². The van der Waals surface area contributed by atoms with E-state index in [1.165, 1.54) is 0 Å². The normalized spacial score (nSPS) is 11.6. The zero-order valence-electron chi connectivity index (χ0n) is 24.6. The molecule has 0 amide bonds. The van der Waals surface area contributed by atoms with Gasteiger partial charge in [-0.3, -0.25) is 4.79 Å². The summed E-state index contributed by atoms with van der Waals surface area (Å²) >= 11 is 0. The van der Waals surface area contributed by atoms with Crippen LogP contribution < -0.4 is 45.0 Å². The highest BCUT2D eigenvalue weighted by molar-refractivity contribution is 6.25. The Hall–Kier alpha value is -7.65. The fraction of sp³-hybridized carbons (Fsp3) is 0.138. The first-order chi connectivity index (χ1) is 24.0. The predicted molar refractivity (Wildman–Crippen MR) is 157 cm³/mol. The van der Waals surface area contributed by atoms with E-state index in [1.807, 2.05) is 0 Å². The van der Waals surface area contributed by atoms with Crippen molar-refractivity contribution in [1.82, 2.24) is 0 Å². The van der Waals surface area contributed by atoms with Gasteiger partial charge in [-0.15, -0.1) is 0 Å². The van der Waals surface area contributed by atoms with Crippen LogP contribution in [0.4, 0.5) is 0 Å². The number of benzene rings is 2. The summed E-state index contributed by atoms with van der Waals surface area (Å²) in [7, 11) is 0. The Morgan fingerprint density at radius 3 is 0.922 bits per heavy atom. The van der Waals surface area contributed by atoms with Crippen molar-refractivity contribution in [3.8, 4) is 0 Å².